The zero-order valence-electron chi connectivity index (χ0n) is 11.2. The number of carbonyl (C=O) groups excluding carboxylic acids is 1. The summed E-state index contributed by atoms with van der Waals surface area (Å²) in [6.07, 6.45) is 4.10. The maximum absolute atomic E-state index is 11.8. The lowest BCUT2D eigenvalue weighted by atomic mass is 9.65. The molecule has 0 N–H and O–H groups in total. The summed E-state index contributed by atoms with van der Waals surface area (Å²) in [6, 6.07) is 0. The molecule has 0 aromatic carbocycles. The number of methoxy groups -OCH3 is 1. The third kappa shape index (κ3) is 3.74. The van der Waals surface area contributed by atoms with E-state index in [0.717, 1.165) is 25.7 Å². The summed E-state index contributed by atoms with van der Waals surface area (Å²) in [7, 11) is 1.63. The van der Waals surface area contributed by atoms with Gasteiger partial charge in [-0.3, -0.25) is 4.79 Å². The van der Waals surface area contributed by atoms with Crippen molar-refractivity contribution in [3.05, 3.63) is 0 Å². The summed E-state index contributed by atoms with van der Waals surface area (Å²) >= 11 is 5.82. The molecule has 0 amide bonds. The van der Waals surface area contributed by atoms with Crippen molar-refractivity contribution in [1.82, 2.24) is 0 Å². The molecule has 0 heterocycles. The first-order valence-electron chi connectivity index (χ1n) is 6.00. The van der Waals surface area contributed by atoms with Crippen LogP contribution >= 0.6 is 11.6 Å². The minimum atomic E-state index is -0.557. The van der Waals surface area contributed by atoms with Gasteiger partial charge in [0.25, 0.3) is 0 Å². The lowest BCUT2D eigenvalue weighted by Crippen LogP contribution is -2.44. The van der Waals surface area contributed by atoms with Gasteiger partial charge >= 0.3 is 0 Å². The summed E-state index contributed by atoms with van der Waals surface area (Å²) < 4.78 is 5.22. The predicted octanol–water partition coefficient (Wildman–Crippen LogP) is 4.01. The van der Waals surface area contributed by atoms with Crippen LogP contribution in [0.2, 0.25) is 0 Å². The molecule has 16 heavy (non-hydrogen) atoms. The largest absolute Gasteiger partial charge is 0.384 e. The zero-order chi connectivity index (χ0) is 12.8. The maximum Gasteiger partial charge on any atom is 0.230 e. The van der Waals surface area contributed by atoms with Crippen LogP contribution in [0.1, 0.15) is 53.4 Å². The second-order valence-electron chi connectivity index (χ2n) is 5.50. The van der Waals surface area contributed by atoms with E-state index >= 15 is 0 Å². The first kappa shape index (κ1) is 15.9. The lowest BCUT2D eigenvalue weighted by molar-refractivity contribution is -0.132. The second kappa shape index (κ2) is 6.61. The fraction of sp³-hybridized carbons (Fsp3) is 0.923. The maximum atomic E-state index is 11.8. The molecule has 0 aliphatic rings. The molecule has 0 aromatic rings. The van der Waals surface area contributed by atoms with E-state index < -0.39 is 5.41 Å². The van der Waals surface area contributed by atoms with Crippen LogP contribution in [0.5, 0.6) is 0 Å². The molecule has 0 fully saturated rings. The average molecular weight is 249 g/mol. The van der Waals surface area contributed by atoms with Gasteiger partial charge in [0.1, 0.15) is 0 Å². The number of halogens is 1. The molecule has 0 aliphatic carbocycles. The van der Waals surface area contributed by atoms with E-state index in [1.807, 2.05) is 0 Å². The van der Waals surface area contributed by atoms with Crippen LogP contribution in [0.4, 0.5) is 0 Å². The predicted molar refractivity (Wildman–Crippen MR) is 68.8 cm³/mol. The van der Waals surface area contributed by atoms with Crippen LogP contribution in [-0.2, 0) is 9.53 Å². The monoisotopic (exact) mass is 248 g/mol. The molecule has 0 rings (SSSR count). The van der Waals surface area contributed by atoms with E-state index in [0.29, 0.717) is 6.61 Å². The topological polar surface area (TPSA) is 26.3 Å². The molecule has 96 valence electrons. The molecule has 3 heteroatoms. The van der Waals surface area contributed by atoms with Crippen LogP contribution in [0.15, 0.2) is 0 Å². The van der Waals surface area contributed by atoms with Gasteiger partial charge in [-0.05, 0) is 23.4 Å². The van der Waals surface area contributed by atoms with Gasteiger partial charge in [-0.1, -0.05) is 47.0 Å². The van der Waals surface area contributed by atoms with E-state index in [1.54, 1.807) is 7.11 Å². The first-order chi connectivity index (χ1) is 7.31. The summed E-state index contributed by atoms with van der Waals surface area (Å²) in [5.74, 6) is 0. The number of ether oxygens (including phenoxy) is 1. The average Bonchev–Trinajstić information content (AvgIpc) is 2.14. The third-order valence-electron chi connectivity index (χ3n) is 3.41. The van der Waals surface area contributed by atoms with Gasteiger partial charge in [-0.15, -0.1) is 0 Å². The Bertz CT molecular complexity index is 220. The molecule has 0 saturated carbocycles. The normalized spacial score (nSPS) is 15.9. The molecule has 2 nitrogen and oxygen atoms in total. The smallest absolute Gasteiger partial charge is 0.230 e. The molecule has 0 bridgehead atoms. The van der Waals surface area contributed by atoms with Gasteiger partial charge < -0.3 is 4.74 Å². The minimum absolute atomic E-state index is 0.171. The van der Waals surface area contributed by atoms with Crippen molar-refractivity contribution in [3.8, 4) is 0 Å². The van der Waals surface area contributed by atoms with Crippen molar-refractivity contribution >= 4 is 16.8 Å². The Kier molecular flexibility index (Phi) is 6.57. The van der Waals surface area contributed by atoms with Gasteiger partial charge in [0.2, 0.25) is 5.24 Å². The first-order valence-corrected chi connectivity index (χ1v) is 6.38. The molecular formula is C13H25ClO2. The SMILES string of the molecule is CCCCCC(COC)(C(=O)Cl)C(C)(C)C. The van der Waals surface area contributed by atoms with Crippen molar-refractivity contribution in [2.45, 2.75) is 53.4 Å². The number of rotatable bonds is 7. The Morgan fingerprint density at radius 3 is 2.12 bits per heavy atom. The fourth-order valence-electron chi connectivity index (χ4n) is 2.04. The van der Waals surface area contributed by atoms with E-state index in [4.69, 9.17) is 16.3 Å². The number of hydrogen-bond acceptors (Lipinski definition) is 2. The Morgan fingerprint density at radius 1 is 1.25 bits per heavy atom. The van der Waals surface area contributed by atoms with Crippen LogP contribution in [0, 0.1) is 10.8 Å². The molecule has 0 radical (unpaired) electrons. The molecule has 1 atom stereocenters. The number of unbranched alkanes of at least 4 members (excludes halogenated alkanes) is 2. The molecular weight excluding hydrogens is 224 g/mol. The Balaban J connectivity index is 4.88. The summed E-state index contributed by atoms with van der Waals surface area (Å²) in [5, 5.41) is -0.266. The number of hydrogen-bond donors (Lipinski definition) is 0. The van der Waals surface area contributed by atoms with E-state index in [1.165, 1.54) is 0 Å². The summed E-state index contributed by atoms with van der Waals surface area (Å²) in [5.41, 5.74) is -0.728. The van der Waals surface area contributed by atoms with Gasteiger partial charge in [0.05, 0.1) is 12.0 Å². The van der Waals surface area contributed by atoms with Crippen molar-refractivity contribution in [1.29, 1.82) is 0 Å². The number of carbonyl (C=O) groups is 1. The fourth-order valence-corrected chi connectivity index (χ4v) is 2.47. The van der Waals surface area contributed by atoms with E-state index in [9.17, 15) is 4.79 Å². The minimum Gasteiger partial charge on any atom is -0.384 e. The van der Waals surface area contributed by atoms with Crippen LogP contribution in [-0.4, -0.2) is 19.0 Å². The Hall–Kier alpha value is -0.0800. The lowest BCUT2D eigenvalue weighted by Gasteiger charge is -2.41. The standard InChI is InChI=1S/C13H25ClO2/c1-6-7-8-9-13(10-16-5,11(14)15)12(2,3)4/h6-10H2,1-5H3. The summed E-state index contributed by atoms with van der Waals surface area (Å²) in [4.78, 5) is 11.8. The van der Waals surface area contributed by atoms with Crippen molar-refractivity contribution in [2.24, 2.45) is 10.8 Å². The van der Waals surface area contributed by atoms with Gasteiger partial charge in [-0.25, -0.2) is 0 Å². The molecule has 0 spiro atoms. The van der Waals surface area contributed by atoms with Gasteiger partial charge in [0, 0.05) is 7.11 Å². The highest BCUT2D eigenvalue weighted by atomic mass is 35.5. The third-order valence-corrected chi connectivity index (χ3v) is 3.77. The second-order valence-corrected chi connectivity index (χ2v) is 5.84. The molecule has 1 unspecified atom stereocenters. The highest BCUT2D eigenvalue weighted by Gasteiger charge is 2.47. The van der Waals surface area contributed by atoms with E-state index in [-0.39, 0.29) is 10.7 Å². The van der Waals surface area contributed by atoms with Crippen LogP contribution < -0.4 is 0 Å². The van der Waals surface area contributed by atoms with Crippen molar-refractivity contribution in [2.75, 3.05) is 13.7 Å². The zero-order valence-corrected chi connectivity index (χ0v) is 12.0. The van der Waals surface area contributed by atoms with Crippen molar-refractivity contribution < 1.29 is 9.53 Å². The Morgan fingerprint density at radius 2 is 1.81 bits per heavy atom. The van der Waals surface area contributed by atoms with E-state index in [2.05, 4.69) is 27.7 Å². The van der Waals surface area contributed by atoms with Gasteiger partial charge in [-0.2, -0.15) is 0 Å². The quantitative estimate of drug-likeness (QED) is 0.503. The molecule has 0 saturated heterocycles. The van der Waals surface area contributed by atoms with Crippen LogP contribution in [0.3, 0.4) is 0 Å². The highest BCUT2D eigenvalue weighted by molar-refractivity contribution is 6.64. The summed E-state index contributed by atoms with van der Waals surface area (Å²) in [6.45, 7) is 8.72. The molecule has 0 aliphatic heterocycles. The highest BCUT2D eigenvalue weighted by Crippen LogP contribution is 2.45. The van der Waals surface area contributed by atoms with Gasteiger partial charge in [0.15, 0.2) is 0 Å². The Labute approximate surface area is 105 Å². The van der Waals surface area contributed by atoms with Crippen LogP contribution in [0.25, 0.3) is 0 Å². The van der Waals surface area contributed by atoms with Crippen molar-refractivity contribution in [3.63, 3.8) is 0 Å². The molecule has 0 aromatic heterocycles.